The molecule has 3 rings (SSSR count). The van der Waals surface area contributed by atoms with Gasteiger partial charge in [-0.3, -0.25) is 14.4 Å². The van der Waals surface area contributed by atoms with Crippen molar-refractivity contribution in [3.8, 4) is 0 Å². The molecule has 2 heterocycles. The Bertz CT molecular complexity index is 916. The summed E-state index contributed by atoms with van der Waals surface area (Å²) in [5.74, 6) is -1.86. The van der Waals surface area contributed by atoms with E-state index in [4.69, 9.17) is 16.3 Å². The maximum Gasteiger partial charge on any atom is 0.312 e. The average molecular weight is 416 g/mol. The van der Waals surface area contributed by atoms with Gasteiger partial charge in [-0.05, 0) is 43.2 Å². The number of pyridine rings is 1. The third-order valence-electron chi connectivity index (χ3n) is 4.79. The number of carbonyl (C=O) groups is 3. The molecule has 1 aromatic carbocycles. The van der Waals surface area contributed by atoms with Crippen LogP contribution in [0.1, 0.15) is 25.8 Å². The SMILES string of the molecule is CCc1ccc(N2C[C@@H](C(=O)O[C@H](C)C(=O)Nc3cccnc3Cl)CC2=O)cc1. The summed E-state index contributed by atoms with van der Waals surface area (Å²) in [5, 5.41) is 2.72. The summed E-state index contributed by atoms with van der Waals surface area (Å²) < 4.78 is 5.28. The largest absolute Gasteiger partial charge is 0.452 e. The number of nitrogens with one attached hydrogen (secondary N) is 1. The van der Waals surface area contributed by atoms with Gasteiger partial charge in [0.25, 0.3) is 5.91 Å². The van der Waals surface area contributed by atoms with Gasteiger partial charge in [-0.2, -0.15) is 0 Å². The monoisotopic (exact) mass is 415 g/mol. The van der Waals surface area contributed by atoms with Crippen molar-refractivity contribution in [1.29, 1.82) is 0 Å². The summed E-state index contributed by atoms with van der Waals surface area (Å²) >= 11 is 5.92. The number of halogens is 1. The number of benzene rings is 1. The minimum absolute atomic E-state index is 0.0527. The predicted octanol–water partition coefficient (Wildman–Crippen LogP) is 3.22. The van der Waals surface area contributed by atoms with Crippen molar-refractivity contribution >= 4 is 40.8 Å². The molecule has 0 spiro atoms. The van der Waals surface area contributed by atoms with Crippen LogP contribution < -0.4 is 10.2 Å². The fraction of sp³-hybridized carbons (Fsp3) is 0.333. The van der Waals surface area contributed by atoms with E-state index in [0.29, 0.717) is 5.69 Å². The zero-order valence-electron chi connectivity index (χ0n) is 16.2. The third-order valence-corrected chi connectivity index (χ3v) is 5.09. The van der Waals surface area contributed by atoms with Crippen LogP contribution in [0, 0.1) is 5.92 Å². The number of aryl methyl sites for hydroxylation is 1. The zero-order valence-corrected chi connectivity index (χ0v) is 17.0. The number of esters is 1. The van der Waals surface area contributed by atoms with Crippen molar-refractivity contribution in [3.63, 3.8) is 0 Å². The van der Waals surface area contributed by atoms with Crippen LogP contribution in [-0.4, -0.2) is 35.4 Å². The lowest BCUT2D eigenvalue weighted by Crippen LogP contribution is -2.33. The number of rotatable bonds is 6. The molecule has 29 heavy (non-hydrogen) atoms. The maximum absolute atomic E-state index is 12.5. The molecule has 152 valence electrons. The Morgan fingerprint density at radius 1 is 1.31 bits per heavy atom. The number of hydrogen-bond donors (Lipinski definition) is 1. The van der Waals surface area contributed by atoms with Crippen molar-refractivity contribution < 1.29 is 19.1 Å². The second-order valence-corrected chi connectivity index (χ2v) is 7.19. The molecule has 1 fully saturated rings. The van der Waals surface area contributed by atoms with E-state index in [0.717, 1.165) is 12.1 Å². The van der Waals surface area contributed by atoms with Gasteiger partial charge < -0.3 is 15.0 Å². The number of amides is 2. The van der Waals surface area contributed by atoms with Gasteiger partial charge in [0.1, 0.15) is 0 Å². The van der Waals surface area contributed by atoms with E-state index in [2.05, 4.69) is 17.2 Å². The molecule has 0 saturated carbocycles. The van der Waals surface area contributed by atoms with E-state index in [1.165, 1.54) is 18.7 Å². The first kappa shape index (κ1) is 20.8. The minimum atomic E-state index is -1.04. The fourth-order valence-corrected chi connectivity index (χ4v) is 3.23. The lowest BCUT2D eigenvalue weighted by atomic mass is 10.1. The molecule has 1 N–H and O–H groups in total. The number of nitrogens with zero attached hydrogens (tertiary/aromatic N) is 2. The van der Waals surface area contributed by atoms with Crippen LogP contribution in [0.5, 0.6) is 0 Å². The van der Waals surface area contributed by atoms with E-state index in [1.807, 2.05) is 24.3 Å². The van der Waals surface area contributed by atoms with Gasteiger partial charge >= 0.3 is 5.97 Å². The van der Waals surface area contributed by atoms with Gasteiger partial charge in [0.15, 0.2) is 11.3 Å². The highest BCUT2D eigenvalue weighted by Gasteiger charge is 2.37. The maximum atomic E-state index is 12.5. The molecular weight excluding hydrogens is 394 g/mol. The van der Waals surface area contributed by atoms with E-state index in [9.17, 15) is 14.4 Å². The van der Waals surface area contributed by atoms with Crippen LogP contribution in [-0.2, 0) is 25.5 Å². The number of hydrogen-bond acceptors (Lipinski definition) is 5. The van der Waals surface area contributed by atoms with Crippen molar-refractivity contribution in [2.45, 2.75) is 32.8 Å². The third kappa shape index (κ3) is 4.92. The fourth-order valence-electron chi connectivity index (χ4n) is 3.06. The molecule has 2 atom stereocenters. The molecule has 8 heteroatoms. The molecule has 7 nitrogen and oxygen atoms in total. The number of aromatic nitrogens is 1. The Kier molecular flexibility index (Phi) is 6.49. The van der Waals surface area contributed by atoms with Crippen molar-refractivity contribution in [2.75, 3.05) is 16.8 Å². The highest BCUT2D eigenvalue weighted by Crippen LogP contribution is 2.27. The molecule has 0 aliphatic carbocycles. The van der Waals surface area contributed by atoms with E-state index in [1.54, 1.807) is 17.0 Å². The van der Waals surface area contributed by atoms with Gasteiger partial charge in [-0.1, -0.05) is 30.7 Å². The highest BCUT2D eigenvalue weighted by molar-refractivity contribution is 6.32. The Balaban J connectivity index is 1.58. The highest BCUT2D eigenvalue weighted by atomic mass is 35.5. The molecular formula is C21H22ClN3O4. The topological polar surface area (TPSA) is 88.6 Å². The van der Waals surface area contributed by atoms with E-state index in [-0.39, 0.29) is 24.0 Å². The minimum Gasteiger partial charge on any atom is -0.452 e. The summed E-state index contributed by atoms with van der Waals surface area (Å²) in [4.78, 5) is 42.6. The van der Waals surface area contributed by atoms with Gasteiger partial charge in [-0.15, -0.1) is 0 Å². The quantitative estimate of drug-likeness (QED) is 0.578. The first-order valence-corrected chi connectivity index (χ1v) is 9.78. The Morgan fingerprint density at radius 3 is 2.69 bits per heavy atom. The molecule has 2 aromatic rings. The second kappa shape index (κ2) is 9.05. The van der Waals surface area contributed by atoms with Gasteiger partial charge in [0.2, 0.25) is 5.91 Å². The summed E-state index contributed by atoms with van der Waals surface area (Å²) in [6, 6.07) is 10.9. The normalized spacial score (nSPS) is 17.1. The molecule has 1 saturated heterocycles. The van der Waals surface area contributed by atoms with E-state index >= 15 is 0 Å². The Labute approximate surface area is 174 Å². The molecule has 0 unspecified atom stereocenters. The number of anilines is 2. The molecule has 1 aliphatic rings. The van der Waals surface area contributed by atoms with E-state index < -0.39 is 23.9 Å². The lowest BCUT2D eigenvalue weighted by molar-refractivity contribution is -0.157. The molecule has 1 aliphatic heterocycles. The predicted molar refractivity (Wildman–Crippen MR) is 110 cm³/mol. The number of carbonyl (C=O) groups excluding carboxylic acids is 3. The molecule has 2 amide bonds. The van der Waals surface area contributed by atoms with Crippen LogP contribution in [0.25, 0.3) is 0 Å². The molecule has 0 radical (unpaired) electrons. The summed E-state index contributed by atoms with van der Waals surface area (Å²) in [6.45, 7) is 3.75. The van der Waals surface area contributed by atoms with Crippen molar-refractivity contribution in [1.82, 2.24) is 4.98 Å². The van der Waals surface area contributed by atoms with Gasteiger partial charge in [-0.25, -0.2) is 4.98 Å². The molecule has 1 aromatic heterocycles. The molecule has 0 bridgehead atoms. The zero-order chi connectivity index (χ0) is 21.0. The van der Waals surface area contributed by atoms with Crippen molar-refractivity contribution in [3.05, 3.63) is 53.3 Å². The van der Waals surface area contributed by atoms with Gasteiger partial charge in [0, 0.05) is 24.8 Å². The van der Waals surface area contributed by atoms with Crippen LogP contribution in [0.4, 0.5) is 11.4 Å². The first-order chi connectivity index (χ1) is 13.9. The smallest absolute Gasteiger partial charge is 0.312 e. The summed E-state index contributed by atoms with van der Waals surface area (Å²) in [5.41, 5.74) is 2.25. The average Bonchev–Trinajstić information content (AvgIpc) is 3.11. The standard InChI is InChI=1S/C21H22ClN3O4/c1-3-14-6-8-16(9-7-14)25-12-15(11-18(25)26)21(28)29-13(2)20(27)24-17-5-4-10-23-19(17)22/h4-10,13,15H,3,11-12H2,1-2H3,(H,24,27)/t13-,15+/m1/s1. The summed E-state index contributed by atoms with van der Waals surface area (Å²) in [6.07, 6.45) is 1.43. The number of ether oxygens (including phenoxy) is 1. The first-order valence-electron chi connectivity index (χ1n) is 9.40. The lowest BCUT2D eigenvalue weighted by Gasteiger charge is -2.18. The summed E-state index contributed by atoms with van der Waals surface area (Å²) in [7, 11) is 0. The Morgan fingerprint density at radius 2 is 2.03 bits per heavy atom. The van der Waals surface area contributed by atoms with Crippen LogP contribution >= 0.6 is 11.6 Å². The van der Waals surface area contributed by atoms with Crippen LogP contribution in [0.3, 0.4) is 0 Å². The van der Waals surface area contributed by atoms with Crippen LogP contribution in [0.15, 0.2) is 42.6 Å². The Hall–Kier alpha value is -2.93. The van der Waals surface area contributed by atoms with Crippen LogP contribution in [0.2, 0.25) is 5.15 Å². The second-order valence-electron chi connectivity index (χ2n) is 6.84. The van der Waals surface area contributed by atoms with Crippen molar-refractivity contribution in [2.24, 2.45) is 5.92 Å². The van der Waals surface area contributed by atoms with Gasteiger partial charge in [0.05, 0.1) is 11.6 Å².